The second kappa shape index (κ2) is 7.65. The highest BCUT2D eigenvalue weighted by atomic mass is 35.7. The highest BCUT2D eigenvalue weighted by Crippen LogP contribution is 2.52. The summed E-state index contributed by atoms with van der Waals surface area (Å²) in [7, 11) is -1.18. The molecule has 0 aliphatic rings. The number of nitriles is 1. The molecule has 0 bridgehead atoms. The zero-order valence-electron chi connectivity index (χ0n) is 12.6. The lowest BCUT2D eigenvalue weighted by atomic mass is 9.88. The Morgan fingerprint density at radius 1 is 1.22 bits per heavy atom. The second-order valence-corrected chi connectivity index (χ2v) is 8.11. The Labute approximate surface area is 118 Å². The summed E-state index contributed by atoms with van der Waals surface area (Å²) in [5.74, 6) is 0. The number of halogens is 1. The smallest absolute Gasteiger partial charge is 0.207 e. The summed E-state index contributed by atoms with van der Waals surface area (Å²) in [5.41, 5.74) is -0.0785. The normalized spacial score (nSPS) is 16.1. The molecule has 3 nitrogen and oxygen atoms in total. The molecule has 2 atom stereocenters. The van der Waals surface area contributed by atoms with E-state index >= 15 is 0 Å². The fourth-order valence-corrected chi connectivity index (χ4v) is 4.48. The van der Waals surface area contributed by atoms with Crippen LogP contribution in [0.25, 0.3) is 0 Å². The number of rotatable bonds is 6. The monoisotopic (exact) mass is 292 g/mol. The van der Waals surface area contributed by atoms with E-state index < -0.39 is 7.65 Å². The zero-order valence-corrected chi connectivity index (χ0v) is 14.2. The molecule has 0 aliphatic heterocycles. The fourth-order valence-electron chi connectivity index (χ4n) is 1.70. The van der Waals surface area contributed by atoms with Gasteiger partial charge in [0.25, 0.3) is 0 Å². The van der Waals surface area contributed by atoms with Gasteiger partial charge in [0.2, 0.25) is 7.65 Å². The van der Waals surface area contributed by atoms with Crippen molar-refractivity contribution in [2.45, 2.75) is 73.1 Å². The van der Waals surface area contributed by atoms with Crippen LogP contribution < -0.4 is 0 Å². The molecule has 0 fully saturated rings. The second-order valence-electron chi connectivity index (χ2n) is 6.12. The lowest BCUT2D eigenvalue weighted by Gasteiger charge is -2.37. The molecule has 0 aromatic carbocycles. The van der Waals surface area contributed by atoms with Crippen LogP contribution in [0.1, 0.15) is 54.9 Å². The van der Waals surface area contributed by atoms with Gasteiger partial charge in [-0.15, -0.1) is 0 Å². The Hall–Kier alpha value is 0.130. The van der Waals surface area contributed by atoms with Crippen LogP contribution in [-0.2, 0) is 4.52 Å². The molecule has 106 valence electrons. The summed E-state index contributed by atoms with van der Waals surface area (Å²) in [6.45, 7) is 14.7. The van der Waals surface area contributed by atoms with E-state index in [4.69, 9.17) is 21.0 Å². The van der Waals surface area contributed by atoms with E-state index in [1.54, 1.807) is 0 Å². The number of hydrogen-bond acceptors (Lipinski definition) is 3. The molecule has 0 N–H and O–H groups in total. The van der Waals surface area contributed by atoms with Gasteiger partial charge < -0.3 is 4.52 Å². The van der Waals surface area contributed by atoms with Gasteiger partial charge in [-0.3, -0.25) is 0 Å². The molecule has 0 heterocycles. The molecule has 5 heteroatoms. The van der Waals surface area contributed by atoms with Crippen LogP contribution in [0.5, 0.6) is 0 Å². The summed E-state index contributed by atoms with van der Waals surface area (Å²) in [6.07, 6.45) is 0.241. The van der Waals surface area contributed by atoms with Gasteiger partial charge in [-0.25, -0.2) is 4.67 Å². The molecule has 0 radical (unpaired) electrons. The third-order valence-electron chi connectivity index (χ3n) is 2.70. The molecule has 0 saturated carbocycles. The largest absolute Gasteiger partial charge is 0.326 e. The maximum absolute atomic E-state index is 8.89. The minimum Gasteiger partial charge on any atom is -0.326 e. The van der Waals surface area contributed by atoms with Crippen molar-refractivity contribution in [2.24, 2.45) is 5.41 Å². The third-order valence-corrected chi connectivity index (χ3v) is 5.17. The first-order valence-corrected chi connectivity index (χ1v) is 8.50. The highest BCUT2D eigenvalue weighted by molar-refractivity contribution is 7.78. The average molecular weight is 293 g/mol. The van der Waals surface area contributed by atoms with Gasteiger partial charge >= 0.3 is 0 Å². The standard InChI is InChI=1S/C13H26ClN2OP/c1-10(2)16(11(3)4)18(14)17-12(8-9-15)13(5,6)7/h10-12H,8H2,1-7H3. The average Bonchev–Trinajstić information content (AvgIpc) is 2.13. The van der Waals surface area contributed by atoms with Crippen LogP contribution >= 0.6 is 18.9 Å². The van der Waals surface area contributed by atoms with Crippen molar-refractivity contribution < 1.29 is 4.52 Å². The molecule has 0 rings (SSSR count). The Morgan fingerprint density at radius 3 is 1.94 bits per heavy atom. The Bertz CT molecular complexity index is 276. The van der Waals surface area contributed by atoms with Gasteiger partial charge in [-0.2, -0.15) is 5.26 Å². The first kappa shape index (κ1) is 18.1. The topological polar surface area (TPSA) is 36.3 Å². The van der Waals surface area contributed by atoms with Gasteiger partial charge in [-0.1, -0.05) is 20.8 Å². The molecule has 0 spiro atoms. The van der Waals surface area contributed by atoms with Crippen molar-refractivity contribution in [1.82, 2.24) is 4.67 Å². The summed E-state index contributed by atoms with van der Waals surface area (Å²) >= 11 is 6.43. The molecule has 18 heavy (non-hydrogen) atoms. The summed E-state index contributed by atoms with van der Waals surface area (Å²) < 4.78 is 8.13. The van der Waals surface area contributed by atoms with Crippen LogP contribution in [-0.4, -0.2) is 22.9 Å². The Balaban J connectivity index is 4.78. The van der Waals surface area contributed by atoms with E-state index in [1.807, 2.05) is 0 Å². The predicted octanol–water partition coefficient (Wildman–Crippen LogP) is 4.92. The van der Waals surface area contributed by atoms with Crippen LogP contribution in [0.3, 0.4) is 0 Å². The third kappa shape index (κ3) is 5.85. The quantitative estimate of drug-likeness (QED) is 0.652. The maximum Gasteiger partial charge on any atom is 0.207 e. The van der Waals surface area contributed by atoms with Gasteiger partial charge in [0, 0.05) is 12.1 Å². The molecule has 2 unspecified atom stereocenters. The predicted molar refractivity (Wildman–Crippen MR) is 79.4 cm³/mol. The zero-order chi connectivity index (χ0) is 14.5. The van der Waals surface area contributed by atoms with Crippen LogP contribution in [0.4, 0.5) is 0 Å². The van der Waals surface area contributed by atoms with E-state index in [1.165, 1.54) is 0 Å². The lowest BCUT2D eigenvalue weighted by molar-refractivity contribution is 0.0938. The van der Waals surface area contributed by atoms with Crippen molar-refractivity contribution in [1.29, 1.82) is 5.26 Å². The lowest BCUT2D eigenvalue weighted by Crippen LogP contribution is -2.35. The van der Waals surface area contributed by atoms with Crippen molar-refractivity contribution >= 4 is 18.9 Å². The molecule has 0 aromatic rings. The fraction of sp³-hybridized carbons (Fsp3) is 0.923. The molecular formula is C13H26ClN2OP. The minimum atomic E-state index is -1.18. The van der Waals surface area contributed by atoms with Gasteiger partial charge in [0.15, 0.2) is 0 Å². The summed E-state index contributed by atoms with van der Waals surface area (Å²) in [5, 5.41) is 8.89. The molecule has 0 amide bonds. The van der Waals surface area contributed by atoms with Crippen molar-refractivity contribution in [3.63, 3.8) is 0 Å². The van der Waals surface area contributed by atoms with Crippen LogP contribution in [0.15, 0.2) is 0 Å². The SMILES string of the molecule is CC(C)N(C(C)C)P(Cl)OC(CC#N)C(C)(C)C. The summed E-state index contributed by atoms with van der Waals surface area (Å²) in [4.78, 5) is 0. The molecule has 0 aromatic heterocycles. The van der Waals surface area contributed by atoms with Gasteiger partial charge in [0.05, 0.1) is 18.6 Å². The molecular weight excluding hydrogens is 267 g/mol. The number of hydrogen-bond donors (Lipinski definition) is 0. The van der Waals surface area contributed by atoms with Crippen LogP contribution in [0, 0.1) is 16.7 Å². The highest BCUT2D eigenvalue weighted by Gasteiger charge is 2.32. The molecule has 0 aliphatic carbocycles. The Kier molecular flexibility index (Phi) is 7.71. The van der Waals surface area contributed by atoms with Gasteiger partial charge in [0.1, 0.15) is 0 Å². The van der Waals surface area contributed by atoms with E-state index in [2.05, 4.69) is 59.2 Å². The van der Waals surface area contributed by atoms with E-state index in [0.29, 0.717) is 18.5 Å². The Morgan fingerprint density at radius 2 is 1.67 bits per heavy atom. The maximum atomic E-state index is 8.89. The van der Waals surface area contributed by atoms with Crippen molar-refractivity contribution in [2.75, 3.05) is 0 Å². The van der Waals surface area contributed by atoms with Gasteiger partial charge in [-0.05, 0) is 44.4 Å². The van der Waals surface area contributed by atoms with Crippen LogP contribution in [0.2, 0.25) is 0 Å². The number of nitrogens with zero attached hydrogens (tertiary/aromatic N) is 2. The first-order valence-electron chi connectivity index (χ1n) is 6.39. The van der Waals surface area contributed by atoms with E-state index in [9.17, 15) is 0 Å². The summed E-state index contributed by atoms with van der Waals surface area (Å²) in [6, 6.07) is 2.85. The molecule has 0 saturated heterocycles. The van der Waals surface area contributed by atoms with Crippen molar-refractivity contribution in [3.05, 3.63) is 0 Å². The van der Waals surface area contributed by atoms with Crippen molar-refractivity contribution in [3.8, 4) is 6.07 Å². The minimum absolute atomic E-state index is 0.0785. The van der Waals surface area contributed by atoms with E-state index in [0.717, 1.165) is 0 Å². The first-order chi connectivity index (χ1) is 8.11. The van der Waals surface area contributed by atoms with E-state index in [-0.39, 0.29) is 11.5 Å².